The minimum atomic E-state index is 0.171. The molecule has 1 nitrogen and oxygen atoms in total. The van der Waals surface area contributed by atoms with E-state index in [9.17, 15) is 4.79 Å². The van der Waals surface area contributed by atoms with E-state index < -0.39 is 0 Å². The zero-order valence-electron chi connectivity index (χ0n) is 10.1. The molecule has 0 aromatic heterocycles. The first kappa shape index (κ1) is 10.3. The highest BCUT2D eigenvalue weighted by atomic mass is 16.1. The van der Waals surface area contributed by atoms with Crippen molar-refractivity contribution < 1.29 is 4.79 Å². The molecule has 2 aromatic rings. The molecule has 0 atom stereocenters. The Morgan fingerprint density at radius 2 is 1.53 bits per heavy atom. The van der Waals surface area contributed by atoms with Crippen molar-refractivity contribution >= 4 is 5.78 Å². The summed E-state index contributed by atoms with van der Waals surface area (Å²) < 4.78 is 0. The van der Waals surface area contributed by atoms with Crippen molar-refractivity contribution in [1.82, 2.24) is 0 Å². The van der Waals surface area contributed by atoms with Crippen LogP contribution in [-0.2, 0) is 6.42 Å². The van der Waals surface area contributed by atoms with Gasteiger partial charge in [0.1, 0.15) is 0 Å². The average molecular weight is 222 g/mol. The molecule has 0 amide bonds. The average Bonchev–Trinajstić information content (AvgIpc) is 2.30. The highest BCUT2D eigenvalue weighted by Crippen LogP contribution is 2.28. The molecule has 3 rings (SSSR count). The molecule has 1 aliphatic carbocycles. The van der Waals surface area contributed by atoms with E-state index in [4.69, 9.17) is 0 Å². The molecule has 17 heavy (non-hydrogen) atoms. The van der Waals surface area contributed by atoms with Gasteiger partial charge in [0.2, 0.25) is 0 Å². The van der Waals surface area contributed by atoms with E-state index >= 15 is 0 Å². The molecule has 2 aromatic carbocycles. The van der Waals surface area contributed by atoms with Crippen LogP contribution in [0.2, 0.25) is 0 Å². The molecule has 0 N–H and O–H groups in total. The van der Waals surface area contributed by atoms with Gasteiger partial charge in [-0.05, 0) is 37.5 Å². The number of aryl methyl sites for hydroxylation is 2. The molecule has 1 aliphatic rings. The fraction of sp³-hybridized carbons (Fsp3) is 0.188. The van der Waals surface area contributed by atoms with Crippen molar-refractivity contribution in [3.8, 4) is 0 Å². The Balaban J connectivity index is 2.21. The molecule has 84 valence electrons. The summed E-state index contributed by atoms with van der Waals surface area (Å²) in [6.07, 6.45) is 0.873. The Morgan fingerprint density at radius 1 is 0.824 bits per heavy atom. The molecule has 0 saturated heterocycles. The van der Waals surface area contributed by atoms with Crippen molar-refractivity contribution in [3.05, 3.63) is 69.8 Å². The Hall–Kier alpha value is -1.89. The fourth-order valence-electron chi connectivity index (χ4n) is 2.50. The van der Waals surface area contributed by atoms with Gasteiger partial charge in [0, 0.05) is 11.1 Å². The lowest BCUT2D eigenvalue weighted by atomic mass is 9.84. The van der Waals surface area contributed by atoms with Crippen molar-refractivity contribution in [2.24, 2.45) is 0 Å². The monoisotopic (exact) mass is 222 g/mol. The van der Waals surface area contributed by atoms with E-state index in [1.165, 1.54) is 5.56 Å². The van der Waals surface area contributed by atoms with E-state index in [0.29, 0.717) is 0 Å². The lowest BCUT2D eigenvalue weighted by Gasteiger charge is -2.19. The molecule has 0 radical (unpaired) electrons. The number of ketones is 1. The molecule has 0 fully saturated rings. The van der Waals surface area contributed by atoms with Crippen LogP contribution in [0.15, 0.2) is 36.4 Å². The number of carbonyl (C=O) groups excluding carboxylic acids is 1. The zero-order valence-corrected chi connectivity index (χ0v) is 10.1. The van der Waals surface area contributed by atoms with Crippen LogP contribution in [-0.4, -0.2) is 5.78 Å². The van der Waals surface area contributed by atoms with Gasteiger partial charge in [0.15, 0.2) is 5.78 Å². The molecule has 0 spiro atoms. The van der Waals surface area contributed by atoms with Crippen molar-refractivity contribution in [2.75, 3.05) is 0 Å². The van der Waals surface area contributed by atoms with Gasteiger partial charge in [-0.25, -0.2) is 0 Å². The van der Waals surface area contributed by atoms with E-state index in [1.807, 2.05) is 25.1 Å². The van der Waals surface area contributed by atoms with E-state index in [1.54, 1.807) is 0 Å². The predicted molar refractivity (Wildman–Crippen MR) is 68.6 cm³/mol. The largest absolute Gasteiger partial charge is 0.289 e. The number of hydrogen-bond donors (Lipinski definition) is 0. The highest BCUT2D eigenvalue weighted by Gasteiger charge is 2.22. The summed E-state index contributed by atoms with van der Waals surface area (Å²) >= 11 is 0. The van der Waals surface area contributed by atoms with Crippen molar-refractivity contribution in [1.29, 1.82) is 0 Å². The maximum atomic E-state index is 12.4. The lowest BCUT2D eigenvalue weighted by Crippen LogP contribution is -2.15. The lowest BCUT2D eigenvalue weighted by molar-refractivity contribution is 0.103. The van der Waals surface area contributed by atoms with E-state index in [0.717, 1.165) is 34.2 Å². The fourth-order valence-corrected chi connectivity index (χ4v) is 2.50. The summed E-state index contributed by atoms with van der Waals surface area (Å²) in [4.78, 5) is 12.4. The first-order chi connectivity index (χ1) is 8.15. The van der Waals surface area contributed by atoms with Gasteiger partial charge >= 0.3 is 0 Å². The van der Waals surface area contributed by atoms with Crippen molar-refractivity contribution in [2.45, 2.75) is 20.3 Å². The summed E-state index contributed by atoms with van der Waals surface area (Å²) in [6, 6.07) is 12.2. The second-order valence-corrected chi connectivity index (χ2v) is 4.83. The van der Waals surface area contributed by atoms with Crippen LogP contribution < -0.4 is 0 Å². The maximum absolute atomic E-state index is 12.4. The first-order valence-corrected chi connectivity index (χ1v) is 5.89. The highest BCUT2D eigenvalue weighted by molar-refractivity contribution is 6.12. The topological polar surface area (TPSA) is 17.1 Å². The van der Waals surface area contributed by atoms with Crippen LogP contribution >= 0.6 is 0 Å². The van der Waals surface area contributed by atoms with Crippen LogP contribution in [0.3, 0.4) is 0 Å². The van der Waals surface area contributed by atoms with Crippen molar-refractivity contribution in [3.63, 3.8) is 0 Å². The Morgan fingerprint density at radius 3 is 2.35 bits per heavy atom. The molecule has 0 bridgehead atoms. The molecule has 0 unspecified atom stereocenters. The van der Waals surface area contributed by atoms with E-state index in [2.05, 4.69) is 25.1 Å². The Kier molecular flexibility index (Phi) is 2.15. The number of rotatable bonds is 0. The summed E-state index contributed by atoms with van der Waals surface area (Å²) in [6.45, 7) is 4.09. The standard InChI is InChI=1S/C16H14O/c1-10-4-6-14-13(7-10)9-12-5-3-11(2)8-15(12)16(14)17/h3-8H,9H2,1-2H3. The summed E-state index contributed by atoms with van der Waals surface area (Å²) in [5, 5.41) is 0. The van der Waals surface area contributed by atoms with Gasteiger partial charge in [-0.3, -0.25) is 4.79 Å². The Bertz CT molecular complexity index is 623. The summed E-state index contributed by atoms with van der Waals surface area (Å²) in [5.41, 5.74) is 6.42. The van der Waals surface area contributed by atoms with Gasteiger partial charge in [-0.15, -0.1) is 0 Å². The summed E-state index contributed by atoms with van der Waals surface area (Å²) in [7, 11) is 0. The molecule has 0 saturated carbocycles. The third-order valence-electron chi connectivity index (χ3n) is 3.40. The third kappa shape index (κ3) is 1.59. The van der Waals surface area contributed by atoms with Crippen LogP contribution in [0.25, 0.3) is 0 Å². The quantitative estimate of drug-likeness (QED) is 0.569. The normalized spacial score (nSPS) is 13.2. The van der Waals surface area contributed by atoms with Gasteiger partial charge in [-0.2, -0.15) is 0 Å². The molecule has 1 heteroatoms. The molecule has 0 heterocycles. The van der Waals surface area contributed by atoms with Crippen LogP contribution in [0.1, 0.15) is 38.2 Å². The first-order valence-electron chi connectivity index (χ1n) is 5.89. The number of benzene rings is 2. The number of fused-ring (bicyclic) bond motifs is 2. The molecule has 0 aliphatic heterocycles. The van der Waals surface area contributed by atoms with Crippen LogP contribution in [0.5, 0.6) is 0 Å². The maximum Gasteiger partial charge on any atom is 0.193 e. The second-order valence-electron chi connectivity index (χ2n) is 4.83. The predicted octanol–water partition coefficient (Wildman–Crippen LogP) is 3.44. The minimum absolute atomic E-state index is 0.171. The van der Waals surface area contributed by atoms with Gasteiger partial charge in [0.25, 0.3) is 0 Å². The number of carbonyl (C=O) groups is 1. The summed E-state index contributed by atoms with van der Waals surface area (Å²) in [5.74, 6) is 0.171. The smallest absolute Gasteiger partial charge is 0.193 e. The van der Waals surface area contributed by atoms with Crippen LogP contribution in [0, 0.1) is 13.8 Å². The molecular weight excluding hydrogens is 208 g/mol. The van der Waals surface area contributed by atoms with E-state index in [-0.39, 0.29) is 5.78 Å². The third-order valence-corrected chi connectivity index (χ3v) is 3.40. The number of hydrogen-bond acceptors (Lipinski definition) is 1. The van der Waals surface area contributed by atoms with Gasteiger partial charge in [-0.1, -0.05) is 41.5 Å². The van der Waals surface area contributed by atoms with Gasteiger partial charge < -0.3 is 0 Å². The van der Waals surface area contributed by atoms with Gasteiger partial charge in [0.05, 0.1) is 0 Å². The zero-order chi connectivity index (χ0) is 12.0. The second kappa shape index (κ2) is 3.56. The Labute approximate surface area is 101 Å². The van der Waals surface area contributed by atoms with Crippen LogP contribution in [0.4, 0.5) is 0 Å². The minimum Gasteiger partial charge on any atom is -0.289 e. The SMILES string of the molecule is Cc1ccc2c(c1)Cc1ccc(C)cc1C2=O. The molecular formula is C16H14O.